The van der Waals surface area contributed by atoms with Crippen LogP contribution in [0.25, 0.3) is 0 Å². The molecular formula is C18H18BrN3O5S. The van der Waals surface area contributed by atoms with Crippen LogP contribution in [0, 0.1) is 0 Å². The summed E-state index contributed by atoms with van der Waals surface area (Å²) in [6.45, 7) is 0.507. The van der Waals surface area contributed by atoms with Gasteiger partial charge in [0.25, 0.3) is 5.91 Å². The zero-order chi connectivity index (χ0) is 20.1. The van der Waals surface area contributed by atoms with Crippen molar-refractivity contribution >= 4 is 43.8 Å². The standard InChI is InChI=1S/C18H18BrN3O5S/c1-28(24,25)22(15-7-5-14(19)6-8-15)12-17(23)21-20-11-13-3-2-4-16-18(13)27-10-9-26-16/h2-8,11H,9-10,12H2,1H3,(H,21,23)/b20-11-. The zero-order valence-electron chi connectivity index (χ0n) is 15.0. The number of nitrogens with one attached hydrogen (secondary N) is 1. The second kappa shape index (κ2) is 8.61. The van der Waals surface area contributed by atoms with Crippen molar-refractivity contribution in [2.75, 3.05) is 30.3 Å². The Bertz CT molecular complexity index is 993. The first-order valence-corrected chi connectivity index (χ1v) is 10.9. The molecular weight excluding hydrogens is 450 g/mol. The quantitative estimate of drug-likeness (QED) is 0.518. The molecule has 1 heterocycles. The average Bonchev–Trinajstić information content (AvgIpc) is 2.66. The number of fused-ring (bicyclic) bond motifs is 1. The van der Waals surface area contributed by atoms with Gasteiger partial charge in [0.15, 0.2) is 11.5 Å². The molecule has 8 nitrogen and oxygen atoms in total. The normalized spacial score (nSPS) is 13.4. The Hall–Kier alpha value is -2.59. The van der Waals surface area contributed by atoms with Crippen LogP contribution in [-0.2, 0) is 14.8 Å². The van der Waals surface area contributed by atoms with Crippen LogP contribution in [0.2, 0.25) is 0 Å². The van der Waals surface area contributed by atoms with Crippen molar-refractivity contribution in [1.82, 2.24) is 5.43 Å². The van der Waals surface area contributed by atoms with E-state index in [9.17, 15) is 13.2 Å². The van der Waals surface area contributed by atoms with Gasteiger partial charge in [0.1, 0.15) is 19.8 Å². The van der Waals surface area contributed by atoms with Gasteiger partial charge in [0.05, 0.1) is 18.2 Å². The molecule has 0 spiro atoms. The molecule has 0 unspecified atom stereocenters. The molecule has 148 valence electrons. The summed E-state index contributed by atoms with van der Waals surface area (Å²) in [6, 6.07) is 12.0. The fourth-order valence-electron chi connectivity index (χ4n) is 2.54. The lowest BCUT2D eigenvalue weighted by Crippen LogP contribution is -2.39. The smallest absolute Gasteiger partial charge is 0.260 e. The number of carbonyl (C=O) groups is 1. The number of benzene rings is 2. The highest BCUT2D eigenvalue weighted by atomic mass is 79.9. The fraction of sp³-hybridized carbons (Fsp3) is 0.222. The lowest BCUT2D eigenvalue weighted by molar-refractivity contribution is -0.119. The summed E-state index contributed by atoms with van der Waals surface area (Å²) in [5.74, 6) is 0.589. The maximum absolute atomic E-state index is 12.2. The minimum absolute atomic E-state index is 0.382. The Morgan fingerprint density at radius 3 is 2.64 bits per heavy atom. The number of ether oxygens (including phenoxy) is 2. The second-order valence-corrected chi connectivity index (χ2v) is 8.73. The highest BCUT2D eigenvalue weighted by Crippen LogP contribution is 2.32. The average molecular weight is 468 g/mol. The lowest BCUT2D eigenvalue weighted by atomic mass is 10.2. The SMILES string of the molecule is CS(=O)(=O)N(CC(=O)N/N=C\c1cccc2c1OCCO2)c1ccc(Br)cc1. The molecule has 0 saturated carbocycles. The van der Waals surface area contributed by atoms with Crippen molar-refractivity contribution in [3.05, 3.63) is 52.5 Å². The molecule has 0 aliphatic carbocycles. The van der Waals surface area contributed by atoms with Gasteiger partial charge < -0.3 is 9.47 Å². The van der Waals surface area contributed by atoms with Crippen molar-refractivity contribution in [2.24, 2.45) is 5.10 Å². The van der Waals surface area contributed by atoms with E-state index < -0.39 is 22.5 Å². The van der Waals surface area contributed by atoms with Gasteiger partial charge in [0.2, 0.25) is 10.0 Å². The Morgan fingerprint density at radius 1 is 1.21 bits per heavy atom. The first-order valence-electron chi connectivity index (χ1n) is 8.28. The summed E-state index contributed by atoms with van der Waals surface area (Å²) in [5.41, 5.74) is 3.37. The number of hydrogen-bond donors (Lipinski definition) is 1. The van der Waals surface area contributed by atoms with E-state index in [2.05, 4.69) is 26.5 Å². The Kier molecular flexibility index (Phi) is 6.20. The maximum atomic E-state index is 12.2. The molecule has 2 aromatic carbocycles. The van der Waals surface area contributed by atoms with Gasteiger partial charge in [-0.2, -0.15) is 5.10 Å². The lowest BCUT2D eigenvalue weighted by Gasteiger charge is -2.21. The van der Waals surface area contributed by atoms with Crippen LogP contribution in [0.5, 0.6) is 11.5 Å². The molecule has 0 saturated heterocycles. The van der Waals surface area contributed by atoms with E-state index in [0.717, 1.165) is 15.0 Å². The summed E-state index contributed by atoms with van der Waals surface area (Å²) in [7, 11) is -3.65. The predicted molar refractivity (Wildman–Crippen MR) is 110 cm³/mol. The van der Waals surface area contributed by atoms with Gasteiger partial charge in [0, 0.05) is 10.0 Å². The molecule has 0 bridgehead atoms. The number of carbonyl (C=O) groups excluding carboxylic acids is 1. The highest BCUT2D eigenvalue weighted by Gasteiger charge is 2.20. The van der Waals surface area contributed by atoms with E-state index in [0.29, 0.717) is 36.0 Å². The largest absolute Gasteiger partial charge is 0.486 e. The molecule has 28 heavy (non-hydrogen) atoms. The van der Waals surface area contributed by atoms with Crippen LogP contribution in [0.1, 0.15) is 5.56 Å². The van der Waals surface area contributed by atoms with Gasteiger partial charge in [-0.1, -0.05) is 22.0 Å². The van der Waals surface area contributed by atoms with E-state index in [1.165, 1.54) is 6.21 Å². The number of hydrazone groups is 1. The molecule has 3 rings (SSSR count). The minimum Gasteiger partial charge on any atom is -0.486 e. The van der Waals surface area contributed by atoms with E-state index in [-0.39, 0.29) is 0 Å². The zero-order valence-corrected chi connectivity index (χ0v) is 17.4. The number of halogens is 1. The number of nitrogens with zero attached hydrogens (tertiary/aromatic N) is 2. The molecule has 10 heteroatoms. The topological polar surface area (TPSA) is 97.3 Å². The van der Waals surface area contributed by atoms with Crippen molar-refractivity contribution in [1.29, 1.82) is 0 Å². The Labute approximate surface area is 171 Å². The summed E-state index contributed by atoms with van der Waals surface area (Å²) in [4.78, 5) is 12.2. The van der Waals surface area contributed by atoms with Crippen molar-refractivity contribution in [2.45, 2.75) is 0 Å². The Balaban J connectivity index is 1.69. The molecule has 2 aromatic rings. The molecule has 1 aliphatic rings. The predicted octanol–water partition coefficient (Wildman–Crippen LogP) is 2.14. The van der Waals surface area contributed by atoms with Crippen LogP contribution in [0.3, 0.4) is 0 Å². The summed E-state index contributed by atoms with van der Waals surface area (Å²) in [5, 5.41) is 3.90. The van der Waals surface area contributed by atoms with Gasteiger partial charge in [-0.05, 0) is 36.4 Å². The summed E-state index contributed by atoms with van der Waals surface area (Å²) in [6.07, 6.45) is 2.47. The molecule has 0 fully saturated rings. The highest BCUT2D eigenvalue weighted by molar-refractivity contribution is 9.10. The number of amides is 1. The van der Waals surface area contributed by atoms with Crippen LogP contribution in [0.4, 0.5) is 5.69 Å². The number of anilines is 1. The molecule has 0 aromatic heterocycles. The fourth-order valence-corrected chi connectivity index (χ4v) is 3.67. The maximum Gasteiger partial charge on any atom is 0.260 e. The molecule has 0 radical (unpaired) electrons. The first-order chi connectivity index (χ1) is 13.3. The molecule has 1 amide bonds. The second-order valence-electron chi connectivity index (χ2n) is 5.91. The summed E-state index contributed by atoms with van der Waals surface area (Å²) >= 11 is 3.29. The first kappa shape index (κ1) is 20.2. The van der Waals surface area contributed by atoms with E-state index in [1.54, 1.807) is 42.5 Å². The van der Waals surface area contributed by atoms with Gasteiger partial charge in [-0.25, -0.2) is 13.8 Å². The number of para-hydroxylation sites is 1. The van der Waals surface area contributed by atoms with Crippen LogP contribution >= 0.6 is 15.9 Å². The van der Waals surface area contributed by atoms with Gasteiger partial charge >= 0.3 is 0 Å². The van der Waals surface area contributed by atoms with Crippen molar-refractivity contribution in [3.63, 3.8) is 0 Å². The van der Waals surface area contributed by atoms with Gasteiger partial charge in [-0.15, -0.1) is 0 Å². The van der Waals surface area contributed by atoms with Gasteiger partial charge in [-0.3, -0.25) is 9.10 Å². The minimum atomic E-state index is -3.65. The Morgan fingerprint density at radius 2 is 1.93 bits per heavy atom. The number of rotatable bonds is 6. The third-order valence-corrected chi connectivity index (χ3v) is 5.46. The van der Waals surface area contributed by atoms with Crippen LogP contribution in [0.15, 0.2) is 52.0 Å². The van der Waals surface area contributed by atoms with Crippen LogP contribution < -0.4 is 19.2 Å². The summed E-state index contributed by atoms with van der Waals surface area (Å²) < 4.78 is 37.0. The van der Waals surface area contributed by atoms with E-state index >= 15 is 0 Å². The number of sulfonamides is 1. The molecule has 0 atom stereocenters. The van der Waals surface area contributed by atoms with Crippen molar-refractivity contribution < 1.29 is 22.7 Å². The third-order valence-electron chi connectivity index (χ3n) is 3.79. The van der Waals surface area contributed by atoms with E-state index in [1.807, 2.05) is 0 Å². The third kappa shape index (κ3) is 5.02. The van der Waals surface area contributed by atoms with E-state index in [4.69, 9.17) is 9.47 Å². The monoisotopic (exact) mass is 467 g/mol. The van der Waals surface area contributed by atoms with Crippen molar-refractivity contribution in [3.8, 4) is 11.5 Å². The molecule has 1 aliphatic heterocycles. The molecule has 1 N–H and O–H groups in total. The van der Waals surface area contributed by atoms with Crippen LogP contribution in [-0.4, -0.2) is 46.6 Å². The number of hydrogen-bond acceptors (Lipinski definition) is 6.